The lowest BCUT2D eigenvalue weighted by molar-refractivity contribution is -0.138. The number of rotatable bonds is 22. The van der Waals surface area contributed by atoms with Crippen LogP contribution in [0.4, 0.5) is 26.3 Å². The minimum atomic E-state index is -4.45. The van der Waals surface area contributed by atoms with Crippen molar-refractivity contribution in [1.82, 2.24) is 31.1 Å². The van der Waals surface area contributed by atoms with E-state index in [1.54, 1.807) is 48.5 Å². The molecule has 4 N–H and O–H groups in total. The van der Waals surface area contributed by atoms with Crippen LogP contribution in [0.2, 0.25) is 0 Å². The van der Waals surface area contributed by atoms with Gasteiger partial charge >= 0.3 is 12.4 Å². The molecule has 480 valence electrons. The lowest BCUT2D eigenvalue weighted by Gasteiger charge is -2.34. The Balaban J connectivity index is 0.636. The molecule has 12 rings (SSSR count). The second kappa shape index (κ2) is 27.8. The van der Waals surface area contributed by atoms with Gasteiger partial charge in [0, 0.05) is 62.5 Å². The Hall–Kier alpha value is -8.86. The fourth-order valence-corrected chi connectivity index (χ4v) is 14.8. The zero-order valence-electron chi connectivity index (χ0n) is 51.9. The maximum atomic E-state index is 15.1. The van der Waals surface area contributed by atoms with E-state index in [1.165, 1.54) is 24.3 Å². The zero-order chi connectivity index (χ0) is 64.7. The molecule has 93 heavy (non-hydrogen) atoms. The van der Waals surface area contributed by atoms with Crippen molar-refractivity contribution in [3.63, 3.8) is 0 Å². The molecule has 4 aliphatic rings. The number of piperidine rings is 2. The highest BCUT2D eigenvalue weighted by Gasteiger charge is 2.50. The molecule has 0 spiro atoms. The summed E-state index contributed by atoms with van der Waals surface area (Å²) in [5.74, 6) is -0.637. The Morgan fingerprint density at radius 2 is 0.677 bits per heavy atom. The van der Waals surface area contributed by atoms with E-state index in [-0.39, 0.29) is 35.7 Å². The number of halogens is 6. The number of amides is 4. The van der Waals surface area contributed by atoms with E-state index in [0.29, 0.717) is 65.7 Å². The number of hydrogen-bond acceptors (Lipinski definition) is 6. The van der Waals surface area contributed by atoms with E-state index in [4.69, 9.17) is 0 Å². The molecular formula is C77H76F6N6O4. The van der Waals surface area contributed by atoms with Crippen LogP contribution in [-0.2, 0) is 32.8 Å². The third-order valence-corrected chi connectivity index (χ3v) is 19.6. The van der Waals surface area contributed by atoms with Gasteiger partial charge in [-0.05, 0) is 174 Å². The minimum Gasteiger partial charge on any atom is -0.355 e. The van der Waals surface area contributed by atoms with Gasteiger partial charge < -0.3 is 31.1 Å². The minimum absolute atomic E-state index is 0.0579. The summed E-state index contributed by atoms with van der Waals surface area (Å²) in [5, 5.41) is 13.1. The van der Waals surface area contributed by atoms with Gasteiger partial charge in [-0.15, -0.1) is 0 Å². The number of hydrogen-bond donors (Lipinski definition) is 4. The first-order chi connectivity index (χ1) is 45.0. The molecule has 2 heterocycles. The number of likely N-dealkylation sites (tertiary alicyclic amines) is 2. The number of carbonyl (C=O) groups excluding carboxylic acids is 4. The third-order valence-electron chi connectivity index (χ3n) is 19.6. The predicted molar refractivity (Wildman–Crippen MR) is 351 cm³/mol. The highest BCUT2D eigenvalue weighted by Crippen LogP contribution is 2.53. The molecule has 2 aliphatic heterocycles. The second-order valence-corrected chi connectivity index (χ2v) is 25.2. The quantitative estimate of drug-likeness (QED) is 0.0396. The van der Waals surface area contributed by atoms with Crippen LogP contribution in [0.1, 0.15) is 125 Å². The van der Waals surface area contributed by atoms with Crippen LogP contribution < -0.4 is 21.3 Å². The van der Waals surface area contributed by atoms with E-state index >= 15 is 9.59 Å². The fourth-order valence-electron chi connectivity index (χ4n) is 14.8. The van der Waals surface area contributed by atoms with Gasteiger partial charge in [0.15, 0.2) is 0 Å². The third kappa shape index (κ3) is 13.5. The molecule has 2 aliphatic carbocycles. The molecule has 10 nitrogen and oxygen atoms in total. The standard InChI is InChI=1S/C77H76F6N6O4/c78-76(79,80)54-34-30-52(31-35-54)58-18-1-3-24-64(58)70(90)86-56-38-48-88(49-39-56)46-15-13-42-74(66-26-9-5-20-60(66)61-21-6-10-27-67(61)74)72(92)84-44-17-45-85-73(93)75(68-28-11-7-22-62(68)63-23-8-12-29-69(63)75)43-14-16-47-89-50-40-57(41-51-89)87-71(91)65-25-4-2-19-59(65)53-32-36-55(37-33-53)77(81,82)83/h1-12,18-37,56-57H,13-17,38-51H2,(H,84,92)(H,85,93)(H,86,90)(H,87,91). The smallest absolute Gasteiger partial charge is 0.355 e. The van der Waals surface area contributed by atoms with Crippen LogP contribution in [0, 0.1) is 0 Å². The molecule has 8 aromatic carbocycles. The van der Waals surface area contributed by atoms with Gasteiger partial charge in [-0.3, -0.25) is 19.2 Å². The van der Waals surface area contributed by atoms with E-state index < -0.39 is 34.3 Å². The molecule has 0 aromatic heterocycles. The highest BCUT2D eigenvalue weighted by atomic mass is 19.4. The Bertz CT molecular complexity index is 3640. The molecule has 16 heteroatoms. The van der Waals surface area contributed by atoms with Crippen molar-refractivity contribution in [3.8, 4) is 44.5 Å². The maximum Gasteiger partial charge on any atom is 0.416 e. The lowest BCUT2D eigenvalue weighted by atomic mass is 9.73. The van der Waals surface area contributed by atoms with Crippen molar-refractivity contribution >= 4 is 23.6 Å². The van der Waals surface area contributed by atoms with Crippen molar-refractivity contribution in [2.24, 2.45) is 0 Å². The summed E-state index contributed by atoms with van der Waals surface area (Å²) in [7, 11) is 0. The first kappa shape index (κ1) is 64.3. The number of unbranched alkanes of at least 4 members (excludes halogenated alkanes) is 2. The topological polar surface area (TPSA) is 123 Å². The Morgan fingerprint density at radius 1 is 0.376 bits per heavy atom. The Kier molecular flexibility index (Phi) is 19.2. The van der Waals surface area contributed by atoms with Gasteiger partial charge in [0.1, 0.15) is 10.8 Å². The van der Waals surface area contributed by atoms with Crippen LogP contribution >= 0.6 is 0 Å². The normalized spacial score (nSPS) is 16.2. The fraction of sp³-hybridized carbons (Fsp3) is 0.325. The number of fused-ring (bicyclic) bond motifs is 6. The van der Waals surface area contributed by atoms with Gasteiger partial charge in [0.2, 0.25) is 11.8 Å². The summed E-state index contributed by atoms with van der Waals surface area (Å²) < 4.78 is 79.8. The van der Waals surface area contributed by atoms with Crippen molar-refractivity contribution in [3.05, 3.63) is 239 Å². The van der Waals surface area contributed by atoms with Gasteiger partial charge in [0.05, 0.1) is 11.1 Å². The number of nitrogens with zero attached hydrogens (tertiary/aromatic N) is 2. The SMILES string of the molecule is O=C(NC1CCN(CCCCC2(C(=O)NCCCNC(=O)C3(CCCCN4CCC(NC(=O)c5ccccc5-c5ccc(C(F)(F)F)cc5)CC4)c4ccccc4-c4ccccc43)c3ccccc3-c3ccccc32)CC1)c1ccccc1-c1ccc(C(F)(F)F)cc1. The van der Waals surface area contributed by atoms with Crippen LogP contribution in [-0.4, -0.2) is 97.9 Å². The summed E-state index contributed by atoms with van der Waals surface area (Å²) in [5.41, 5.74) is 7.88. The van der Waals surface area contributed by atoms with E-state index in [0.717, 1.165) is 159 Å². The van der Waals surface area contributed by atoms with Crippen LogP contribution in [0.3, 0.4) is 0 Å². The van der Waals surface area contributed by atoms with Crippen LogP contribution in [0.25, 0.3) is 44.5 Å². The molecule has 0 saturated carbocycles. The van der Waals surface area contributed by atoms with Crippen LogP contribution in [0.5, 0.6) is 0 Å². The molecule has 0 unspecified atom stereocenters. The average molecular weight is 1260 g/mol. The number of carbonyl (C=O) groups is 4. The first-order valence-electron chi connectivity index (χ1n) is 32.6. The van der Waals surface area contributed by atoms with Crippen molar-refractivity contribution in [2.75, 3.05) is 52.4 Å². The van der Waals surface area contributed by atoms with Gasteiger partial charge in [-0.2, -0.15) is 26.3 Å². The largest absolute Gasteiger partial charge is 0.416 e. The van der Waals surface area contributed by atoms with Gasteiger partial charge in [-0.25, -0.2) is 0 Å². The molecule has 4 amide bonds. The molecule has 0 bridgehead atoms. The summed E-state index contributed by atoms with van der Waals surface area (Å²) in [4.78, 5) is 62.4. The van der Waals surface area contributed by atoms with Gasteiger partial charge in [-0.1, -0.05) is 171 Å². The number of nitrogens with one attached hydrogen (secondary N) is 4. The summed E-state index contributed by atoms with van der Waals surface area (Å²) in [6.07, 6.45) is -0.926. The molecule has 2 fully saturated rings. The molecule has 0 atom stereocenters. The average Bonchev–Trinajstić information content (AvgIpc) is 1.58. The summed E-state index contributed by atoms with van der Waals surface area (Å²) in [6.45, 7) is 5.51. The second-order valence-electron chi connectivity index (χ2n) is 25.2. The molecule has 8 aromatic rings. The molecule has 2 saturated heterocycles. The molecular weight excluding hydrogens is 1190 g/mol. The molecule has 0 radical (unpaired) electrons. The van der Waals surface area contributed by atoms with Crippen molar-refractivity contribution in [2.45, 2.75) is 106 Å². The Labute approximate surface area is 539 Å². The zero-order valence-corrected chi connectivity index (χ0v) is 51.9. The van der Waals surface area contributed by atoms with Crippen molar-refractivity contribution in [1.29, 1.82) is 0 Å². The monoisotopic (exact) mass is 1260 g/mol. The van der Waals surface area contributed by atoms with E-state index in [2.05, 4.69) is 79.6 Å². The van der Waals surface area contributed by atoms with Gasteiger partial charge in [0.25, 0.3) is 11.8 Å². The highest BCUT2D eigenvalue weighted by molar-refractivity contribution is 6.03. The van der Waals surface area contributed by atoms with Crippen molar-refractivity contribution < 1.29 is 45.5 Å². The van der Waals surface area contributed by atoms with E-state index in [9.17, 15) is 35.9 Å². The first-order valence-corrected chi connectivity index (χ1v) is 32.6. The van der Waals surface area contributed by atoms with E-state index in [1.807, 2.05) is 48.5 Å². The maximum absolute atomic E-state index is 15.1. The lowest BCUT2D eigenvalue weighted by Crippen LogP contribution is -2.47. The number of alkyl halides is 6. The number of benzene rings is 8. The summed E-state index contributed by atoms with van der Waals surface area (Å²) >= 11 is 0. The van der Waals surface area contributed by atoms with Crippen LogP contribution in [0.15, 0.2) is 194 Å². The predicted octanol–water partition coefficient (Wildman–Crippen LogP) is 15.0. The summed E-state index contributed by atoms with van der Waals surface area (Å²) in [6, 6.07) is 56.4. The Morgan fingerprint density at radius 3 is 1.00 bits per heavy atom.